The highest BCUT2D eigenvalue weighted by molar-refractivity contribution is 5.96. The van der Waals surface area contributed by atoms with Crippen LogP contribution in [0.5, 0.6) is 0 Å². The molecule has 0 aliphatic heterocycles. The van der Waals surface area contributed by atoms with Crippen molar-refractivity contribution in [2.45, 2.75) is 46.3 Å². The van der Waals surface area contributed by atoms with Crippen LogP contribution in [0.1, 0.15) is 55.2 Å². The van der Waals surface area contributed by atoms with Gasteiger partial charge in [-0.2, -0.15) is 5.10 Å². The van der Waals surface area contributed by atoms with Crippen LogP contribution in [0.15, 0.2) is 70.0 Å². The minimum Gasteiger partial charge on any atom is -0.456 e. The molecule has 5 rings (SSSR count). The first-order valence-electron chi connectivity index (χ1n) is 12.7. The number of aromatic nitrogens is 2. The summed E-state index contributed by atoms with van der Waals surface area (Å²) in [4.78, 5) is 26.1. The van der Waals surface area contributed by atoms with Crippen molar-refractivity contribution >= 4 is 33.5 Å². The summed E-state index contributed by atoms with van der Waals surface area (Å²) in [5.74, 6) is -1.02. The van der Waals surface area contributed by atoms with E-state index in [1.807, 2.05) is 45.2 Å². The van der Waals surface area contributed by atoms with E-state index in [0.717, 1.165) is 22.0 Å². The maximum atomic E-state index is 14.8. The molecule has 200 valence electrons. The lowest BCUT2D eigenvalue weighted by Gasteiger charge is -2.23. The van der Waals surface area contributed by atoms with E-state index >= 15 is 0 Å². The van der Waals surface area contributed by atoms with E-state index in [4.69, 9.17) is 9.15 Å². The molecule has 3 aromatic carbocycles. The number of rotatable bonds is 5. The second-order valence-corrected chi connectivity index (χ2v) is 10.8. The molecule has 0 spiro atoms. The normalized spacial score (nSPS) is 12.6. The molecule has 0 bridgehead atoms. The predicted octanol–water partition coefficient (Wildman–Crippen LogP) is 6.92. The number of hydrogen-bond donors (Lipinski definition) is 1. The van der Waals surface area contributed by atoms with Crippen molar-refractivity contribution in [1.82, 2.24) is 9.78 Å². The highest BCUT2D eigenvalue weighted by Crippen LogP contribution is 2.33. The summed E-state index contributed by atoms with van der Waals surface area (Å²) in [7, 11) is 1.86. The SMILES string of the molecule is Cc1cc(C(C)Nc2cccc(F)c2C(=O)OC(C)(C)C)c2oc(-c3ccc4cnn(C)c4c3)cc(=O)c2c1. The molecule has 0 saturated heterocycles. The Morgan fingerprint density at radius 2 is 1.90 bits per heavy atom. The highest BCUT2D eigenvalue weighted by Gasteiger charge is 2.25. The highest BCUT2D eigenvalue weighted by atomic mass is 19.1. The molecular formula is C31H30FN3O4. The van der Waals surface area contributed by atoms with Crippen molar-refractivity contribution in [1.29, 1.82) is 0 Å². The largest absolute Gasteiger partial charge is 0.456 e. The Kier molecular flexibility index (Phi) is 6.50. The Morgan fingerprint density at radius 3 is 2.64 bits per heavy atom. The number of aryl methyl sites for hydroxylation is 2. The van der Waals surface area contributed by atoms with Gasteiger partial charge in [0.15, 0.2) is 5.43 Å². The van der Waals surface area contributed by atoms with Crippen LogP contribution < -0.4 is 10.7 Å². The van der Waals surface area contributed by atoms with E-state index in [1.165, 1.54) is 18.2 Å². The molecule has 5 aromatic rings. The number of nitrogens with one attached hydrogen (secondary N) is 1. The first kappa shape index (κ1) is 26.2. The van der Waals surface area contributed by atoms with Crippen molar-refractivity contribution < 1.29 is 18.3 Å². The van der Waals surface area contributed by atoms with Gasteiger partial charge in [0.2, 0.25) is 0 Å². The summed E-state index contributed by atoms with van der Waals surface area (Å²) >= 11 is 0. The fraction of sp³-hybridized carbons (Fsp3) is 0.258. The number of nitrogens with zero attached hydrogens (tertiary/aromatic N) is 2. The lowest BCUT2D eigenvalue weighted by atomic mass is 10.00. The number of fused-ring (bicyclic) bond motifs is 2. The van der Waals surface area contributed by atoms with Crippen LogP contribution in [0.2, 0.25) is 0 Å². The van der Waals surface area contributed by atoms with Crippen LogP contribution in [0.4, 0.5) is 10.1 Å². The average Bonchev–Trinajstić information content (AvgIpc) is 3.22. The lowest BCUT2D eigenvalue weighted by molar-refractivity contribution is 0.00659. The van der Waals surface area contributed by atoms with Gasteiger partial charge in [0.05, 0.1) is 28.8 Å². The number of benzene rings is 3. The van der Waals surface area contributed by atoms with Gasteiger partial charge in [0.25, 0.3) is 0 Å². The number of esters is 1. The van der Waals surface area contributed by atoms with Gasteiger partial charge in [-0.15, -0.1) is 0 Å². The van der Waals surface area contributed by atoms with Crippen LogP contribution >= 0.6 is 0 Å². The molecule has 0 saturated carbocycles. The number of ether oxygens (including phenoxy) is 1. The molecule has 1 unspecified atom stereocenters. The quantitative estimate of drug-likeness (QED) is 0.250. The minimum atomic E-state index is -0.784. The number of anilines is 1. The number of halogens is 1. The number of carbonyl (C=O) groups excluding carboxylic acids is 1. The second-order valence-electron chi connectivity index (χ2n) is 10.8. The average molecular weight is 528 g/mol. The van der Waals surface area contributed by atoms with E-state index in [-0.39, 0.29) is 16.7 Å². The smallest absolute Gasteiger partial charge is 0.343 e. The molecule has 0 fully saturated rings. The summed E-state index contributed by atoms with van der Waals surface area (Å²) in [6.45, 7) is 8.95. The maximum Gasteiger partial charge on any atom is 0.343 e. The van der Waals surface area contributed by atoms with E-state index in [9.17, 15) is 14.0 Å². The summed E-state index contributed by atoms with van der Waals surface area (Å²) in [5.41, 5.74) is 2.79. The molecule has 2 heterocycles. The monoisotopic (exact) mass is 527 g/mol. The zero-order chi connectivity index (χ0) is 28.1. The zero-order valence-electron chi connectivity index (χ0n) is 22.8. The van der Waals surface area contributed by atoms with Crippen molar-refractivity contribution in [3.63, 3.8) is 0 Å². The molecule has 0 aliphatic carbocycles. The number of carbonyl (C=O) groups is 1. The van der Waals surface area contributed by atoms with Gasteiger partial charge >= 0.3 is 5.97 Å². The molecule has 39 heavy (non-hydrogen) atoms. The molecular weight excluding hydrogens is 497 g/mol. The van der Waals surface area contributed by atoms with Gasteiger partial charge in [-0.1, -0.05) is 24.3 Å². The standard InChI is InChI=1S/C31H30FN3O4/c1-17-12-21(18(2)34-24-9-7-8-23(32)28(24)30(37)39-31(3,4)5)29-22(13-17)26(36)15-27(38-29)19-10-11-20-16-33-35(6)25(20)14-19/h7-16,18,34H,1-6H3. The van der Waals surface area contributed by atoms with Crippen LogP contribution in [0, 0.1) is 12.7 Å². The third-order valence-electron chi connectivity index (χ3n) is 6.49. The lowest BCUT2D eigenvalue weighted by Crippen LogP contribution is -2.25. The van der Waals surface area contributed by atoms with Gasteiger partial charge in [0.1, 0.15) is 28.3 Å². The van der Waals surface area contributed by atoms with Crippen LogP contribution in [0.25, 0.3) is 33.2 Å². The molecule has 8 heteroatoms. The molecule has 2 aromatic heterocycles. The molecule has 0 aliphatic rings. The number of hydrogen-bond acceptors (Lipinski definition) is 6. The van der Waals surface area contributed by atoms with Gasteiger partial charge in [-0.05, 0) is 64.4 Å². The topological polar surface area (TPSA) is 86.4 Å². The van der Waals surface area contributed by atoms with Crippen molar-refractivity contribution in [3.05, 3.63) is 93.5 Å². The Hall–Kier alpha value is -4.46. The molecule has 0 radical (unpaired) electrons. The van der Waals surface area contributed by atoms with Gasteiger partial charge in [0, 0.05) is 29.6 Å². The summed E-state index contributed by atoms with van der Waals surface area (Å²) < 4.78 is 28.4. The predicted molar refractivity (Wildman–Crippen MR) is 151 cm³/mol. The maximum absolute atomic E-state index is 14.8. The van der Waals surface area contributed by atoms with E-state index in [0.29, 0.717) is 22.3 Å². The molecule has 1 atom stereocenters. The first-order valence-corrected chi connectivity index (χ1v) is 12.7. The molecule has 7 nitrogen and oxygen atoms in total. The van der Waals surface area contributed by atoms with Gasteiger partial charge in [-0.25, -0.2) is 9.18 Å². The zero-order valence-corrected chi connectivity index (χ0v) is 22.8. The fourth-order valence-corrected chi connectivity index (χ4v) is 4.69. The van der Waals surface area contributed by atoms with E-state index in [2.05, 4.69) is 10.4 Å². The molecule has 0 amide bonds. The minimum absolute atomic E-state index is 0.172. The van der Waals surface area contributed by atoms with E-state index in [1.54, 1.807) is 43.8 Å². The third-order valence-corrected chi connectivity index (χ3v) is 6.49. The Labute approximate surface area is 225 Å². The fourth-order valence-electron chi connectivity index (χ4n) is 4.69. The van der Waals surface area contributed by atoms with E-state index < -0.39 is 23.4 Å². The summed E-state index contributed by atoms with van der Waals surface area (Å²) in [5, 5.41) is 8.95. The van der Waals surface area contributed by atoms with Crippen molar-refractivity contribution in [3.8, 4) is 11.3 Å². The van der Waals surface area contributed by atoms with Gasteiger partial charge in [-0.3, -0.25) is 9.48 Å². The summed E-state index contributed by atoms with van der Waals surface area (Å²) in [6.07, 6.45) is 1.78. The van der Waals surface area contributed by atoms with Crippen LogP contribution in [-0.2, 0) is 11.8 Å². The second kappa shape index (κ2) is 9.69. The van der Waals surface area contributed by atoms with Crippen molar-refractivity contribution in [2.24, 2.45) is 7.05 Å². The Balaban J connectivity index is 1.60. The molecule has 1 N–H and O–H groups in total. The van der Waals surface area contributed by atoms with Gasteiger partial charge < -0.3 is 14.5 Å². The van der Waals surface area contributed by atoms with Crippen LogP contribution in [0.3, 0.4) is 0 Å². The Morgan fingerprint density at radius 1 is 1.13 bits per heavy atom. The van der Waals surface area contributed by atoms with Crippen molar-refractivity contribution in [2.75, 3.05) is 5.32 Å². The Bertz CT molecular complexity index is 1800. The van der Waals surface area contributed by atoms with Crippen LogP contribution in [-0.4, -0.2) is 21.4 Å². The third kappa shape index (κ3) is 5.14. The first-order chi connectivity index (χ1) is 18.4. The summed E-state index contributed by atoms with van der Waals surface area (Å²) in [6, 6.07) is 14.9.